The first-order chi connectivity index (χ1) is 12.7. The number of anilines is 1. The fraction of sp³-hybridized carbons (Fsp3) is 0.0909. The van der Waals surface area contributed by atoms with Gasteiger partial charge in [-0.05, 0) is 28.8 Å². The molecule has 0 heterocycles. The molecule has 4 heteroatoms. The van der Waals surface area contributed by atoms with E-state index in [1.165, 1.54) is 0 Å². The summed E-state index contributed by atoms with van der Waals surface area (Å²) in [5.74, 6) is -0.794. The summed E-state index contributed by atoms with van der Waals surface area (Å²) in [4.78, 5) is 24.0. The molecule has 0 spiro atoms. The quantitative estimate of drug-likeness (QED) is 0.685. The third kappa shape index (κ3) is 4.80. The average molecular weight is 345 g/mol. The highest BCUT2D eigenvalue weighted by Crippen LogP contribution is 2.23. The van der Waals surface area contributed by atoms with Crippen LogP contribution >= 0.6 is 0 Å². The summed E-state index contributed by atoms with van der Waals surface area (Å²) < 4.78 is 5.12. The van der Waals surface area contributed by atoms with Crippen molar-refractivity contribution >= 4 is 17.6 Å². The molecular weight excluding hydrogens is 326 g/mol. The zero-order chi connectivity index (χ0) is 18.2. The summed E-state index contributed by atoms with van der Waals surface area (Å²) in [7, 11) is 0. The number of ether oxygens (including phenoxy) is 1. The molecule has 26 heavy (non-hydrogen) atoms. The summed E-state index contributed by atoms with van der Waals surface area (Å²) in [6, 6.07) is 26.6. The van der Waals surface area contributed by atoms with Crippen LogP contribution < -0.4 is 5.32 Å². The number of benzene rings is 3. The number of amides is 1. The molecule has 0 aromatic heterocycles. The number of esters is 1. The van der Waals surface area contributed by atoms with Gasteiger partial charge in [0.2, 0.25) is 0 Å². The maximum absolute atomic E-state index is 12.2. The van der Waals surface area contributed by atoms with Gasteiger partial charge >= 0.3 is 5.97 Å². The van der Waals surface area contributed by atoms with Crippen molar-refractivity contribution in [2.24, 2.45) is 0 Å². The SMILES string of the molecule is O=C(COC(=O)Cc1ccccc1-c1ccccc1)Nc1ccccc1. The van der Waals surface area contributed by atoms with E-state index in [9.17, 15) is 9.59 Å². The van der Waals surface area contributed by atoms with Crippen LogP contribution in [-0.4, -0.2) is 18.5 Å². The van der Waals surface area contributed by atoms with Crippen LogP contribution in [0.1, 0.15) is 5.56 Å². The van der Waals surface area contributed by atoms with Gasteiger partial charge in [-0.1, -0.05) is 72.8 Å². The average Bonchev–Trinajstić information content (AvgIpc) is 2.68. The molecule has 1 amide bonds. The van der Waals surface area contributed by atoms with Crippen LogP contribution in [0.3, 0.4) is 0 Å². The van der Waals surface area contributed by atoms with E-state index in [0.29, 0.717) is 5.69 Å². The van der Waals surface area contributed by atoms with Gasteiger partial charge in [0.25, 0.3) is 5.91 Å². The van der Waals surface area contributed by atoms with Crippen LogP contribution in [-0.2, 0) is 20.7 Å². The molecule has 0 aliphatic heterocycles. The first kappa shape index (κ1) is 17.4. The minimum absolute atomic E-state index is 0.115. The van der Waals surface area contributed by atoms with Gasteiger partial charge in [-0.3, -0.25) is 9.59 Å². The number of rotatable bonds is 6. The Morgan fingerprint density at radius 2 is 1.38 bits per heavy atom. The molecule has 0 fully saturated rings. The summed E-state index contributed by atoms with van der Waals surface area (Å²) in [6.45, 7) is -0.304. The summed E-state index contributed by atoms with van der Waals surface area (Å²) >= 11 is 0. The molecule has 0 atom stereocenters. The highest BCUT2D eigenvalue weighted by Gasteiger charge is 2.12. The third-order valence-electron chi connectivity index (χ3n) is 3.86. The maximum atomic E-state index is 12.2. The number of carbonyl (C=O) groups is 2. The molecule has 3 rings (SSSR count). The van der Waals surface area contributed by atoms with Crippen LogP contribution in [0, 0.1) is 0 Å². The van der Waals surface area contributed by atoms with Gasteiger partial charge in [0, 0.05) is 5.69 Å². The molecule has 0 unspecified atom stereocenters. The smallest absolute Gasteiger partial charge is 0.310 e. The molecule has 0 saturated carbocycles. The lowest BCUT2D eigenvalue weighted by Gasteiger charge is -2.10. The molecule has 3 aromatic rings. The highest BCUT2D eigenvalue weighted by molar-refractivity contribution is 5.93. The van der Waals surface area contributed by atoms with Crippen LogP contribution in [0.25, 0.3) is 11.1 Å². The second-order valence-electron chi connectivity index (χ2n) is 5.77. The number of nitrogens with one attached hydrogen (secondary N) is 1. The normalized spacial score (nSPS) is 10.2. The topological polar surface area (TPSA) is 55.4 Å². The monoisotopic (exact) mass is 345 g/mol. The van der Waals surface area contributed by atoms with E-state index in [4.69, 9.17) is 4.74 Å². The highest BCUT2D eigenvalue weighted by atomic mass is 16.5. The Kier molecular flexibility index (Phi) is 5.78. The number of carbonyl (C=O) groups excluding carboxylic acids is 2. The van der Waals surface area contributed by atoms with Gasteiger partial charge in [0.15, 0.2) is 6.61 Å². The largest absolute Gasteiger partial charge is 0.455 e. The lowest BCUT2D eigenvalue weighted by Crippen LogP contribution is -2.21. The zero-order valence-electron chi connectivity index (χ0n) is 14.2. The Hall–Kier alpha value is -3.40. The lowest BCUT2D eigenvalue weighted by atomic mass is 9.98. The van der Waals surface area contributed by atoms with Crippen LogP contribution in [0.2, 0.25) is 0 Å². The molecule has 0 radical (unpaired) electrons. The predicted molar refractivity (Wildman–Crippen MR) is 102 cm³/mol. The fourth-order valence-electron chi connectivity index (χ4n) is 2.64. The third-order valence-corrected chi connectivity index (χ3v) is 3.86. The van der Waals surface area contributed by atoms with Crippen LogP contribution in [0.15, 0.2) is 84.9 Å². The minimum Gasteiger partial charge on any atom is -0.455 e. The molecule has 3 aromatic carbocycles. The van der Waals surface area contributed by atoms with Crippen LogP contribution in [0.5, 0.6) is 0 Å². The Morgan fingerprint density at radius 3 is 2.12 bits per heavy atom. The molecule has 0 aliphatic carbocycles. The number of para-hydroxylation sites is 1. The van der Waals surface area contributed by atoms with Crippen molar-refractivity contribution in [1.29, 1.82) is 0 Å². The lowest BCUT2D eigenvalue weighted by molar-refractivity contribution is -0.146. The zero-order valence-corrected chi connectivity index (χ0v) is 14.2. The van der Waals surface area contributed by atoms with Crippen molar-refractivity contribution in [1.82, 2.24) is 0 Å². The fourth-order valence-corrected chi connectivity index (χ4v) is 2.64. The molecule has 0 bridgehead atoms. The number of hydrogen-bond acceptors (Lipinski definition) is 3. The van der Waals surface area contributed by atoms with E-state index in [0.717, 1.165) is 16.7 Å². The Bertz CT molecular complexity index is 876. The van der Waals surface area contributed by atoms with Crippen LogP contribution in [0.4, 0.5) is 5.69 Å². The standard InChI is InChI=1S/C22H19NO3/c24-21(23-19-12-5-2-6-13-19)16-26-22(25)15-18-11-7-8-14-20(18)17-9-3-1-4-10-17/h1-14H,15-16H2,(H,23,24). The first-order valence-corrected chi connectivity index (χ1v) is 8.36. The van der Waals surface area contributed by atoms with Crippen molar-refractivity contribution in [3.05, 3.63) is 90.5 Å². The van der Waals surface area contributed by atoms with Crippen molar-refractivity contribution in [2.45, 2.75) is 6.42 Å². The van der Waals surface area contributed by atoms with Gasteiger partial charge in [-0.15, -0.1) is 0 Å². The van der Waals surface area contributed by atoms with Crippen molar-refractivity contribution < 1.29 is 14.3 Å². The van der Waals surface area contributed by atoms with E-state index in [1.807, 2.05) is 72.8 Å². The van der Waals surface area contributed by atoms with Gasteiger partial charge < -0.3 is 10.1 Å². The summed E-state index contributed by atoms with van der Waals surface area (Å²) in [5, 5.41) is 2.68. The molecule has 4 nitrogen and oxygen atoms in total. The van der Waals surface area contributed by atoms with E-state index in [1.54, 1.807) is 12.1 Å². The van der Waals surface area contributed by atoms with Gasteiger partial charge in [0.1, 0.15) is 0 Å². The molecule has 130 valence electrons. The molecular formula is C22H19NO3. The van der Waals surface area contributed by atoms with Crippen molar-refractivity contribution in [3.63, 3.8) is 0 Å². The Labute approximate surface area is 152 Å². The van der Waals surface area contributed by atoms with E-state index in [-0.39, 0.29) is 18.9 Å². The summed E-state index contributed by atoms with van der Waals surface area (Å²) in [5.41, 5.74) is 3.56. The summed E-state index contributed by atoms with van der Waals surface area (Å²) in [6.07, 6.45) is 0.115. The van der Waals surface area contributed by atoms with E-state index < -0.39 is 5.97 Å². The minimum atomic E-state index is -0.434. The Morgan fingerprint density at radius 1 is 0.769 bits per heavy atom. The van der Waals surface area contributed by atoms with E-state index >= 15 is 0 Å². The molecule has 1 N–H and O–H groups in total. The second-order valence-corrected chi connectivity index (χ2v) is 5.77. The first-order valence-electron chi connectivity index (χ1n) is 8.36. The Balaban J connectivity index is 1.58. The van der Waals surface area contributed by atoms with Crippen molar-refractivity contribution in [2.75, 3.05) is 11.9 Å². The van der Waals surface area contributed by atoms with Gasteiger partial charge in [-0.25, -0.2) is 0 Å². The van der Waals surface area contributed by atoms with Gasteiger partial charge in [-0.2, -0.15) is 0 Å². The van der Waals surface area contributed by atoms with Crippen molar-refractivity contribution in [3.8, 4) is 11.1 Å². The van der Waals surface area contributed by atoms with E-state index in [2.05, 4.69) is 5.32 Å². The molecule has 0 saturated heterocycles. The van der Waals surface area contributed by atoms with Gasteiger partial charge in [0.05, 0.1) is 6.42 Å². The maximum Gasteiger partial charge on any atom is 0.310 e. The molecule has 0 aliphatic rings. The number of hydrogen-bond donors (Lipinski definition) is 1. The predicted octanol–water partition coefficient (Wildman–Crippen LogP) is 4.08. The second kappa shape index (κ2) is 8.62.